The summed E-state index contributed by atoms with van der Waals surface area (Å²) in [5.74, 6) is -58.3. The minimum absolute atomic E-state index is 0.106. The fourth-order valence-electron chi connectivity index (χ4n) is 9.98. The number of methoxy groups -OCH3 is 1. The molecular formula is C59H50F17NO14. The average molecular weight is 1320 g/mol. The molecule has 5 aromatic rings. The Bertz CT molecular complexity index is 3300. The zero-order chi connectivity index (χ0) is 66.2. The molecule has 0 radical (unpaired) electrons. The zero-order valence-electron chi connectivity index (χ0n) is 46.6. The number of benzene rings is 5. The number of halogens is 17. The van der Waals surface area contributed by atoms with E-state index in [0.717, 1.165) is 24.3 Å². The predicted octanol–water partition coefficient (Wildman–Crippen LogP) is 13.0. The number of rotatable bonds is 23. The van der Waals surface area contributed by atoms with Gasteiger partial charge in [0.15, 0.2) is 36.7 Å². The van der Waals surface area contributed by atoms with Gasteiger partial charge in [0.1, 0.15) is 30.7 Å². The first-order valence-electron chi connectivity index (χ1n) is 27.1. The van der Waals surface area contributed by atoms with E-state index in [1.807, 2.05) is 0 Å². The summed E-state index contributed by atoms with van der Waals surface area (Å²) in [7, 11) is 1.20. The SMILES string of the molecule is COC(=O)Cc1ccc(O[C@@H]2O[C@@H]3COC(c4ccccc4)O[C@H]3[C@H](OC(=O)Nc3ccc(CCCC(F)(F)C(F)(F)C(F)(F)C(F)(F)C(F)(F)C(F)(F)C(F)(F)C(F)(F)F)cc3)[C@H]2O[C@@H]2OC[C@@]3(COC(=O)c4ccccc4)O[C@@H](c4ccccc4)O[C@@H]23)cc1. The van der Waals surface area contributed by atoms with Gasteiger partial charge in [-0.25, -0.2) is 9.59 Å². The van der Waals surface area contributed by atoms with Crippen molar-refractivity contribution in [1.29, 1.82) is 0 Å². The molecule has 4 saturated heterocycles. The highest BCUT2D eigenvalue weighted by molar-refractivity contribution is 5.89. The van der Waals surface area contributed by atoms with Gasteiger partial charge in [-0.2, -0.15) is 74.6 Å². The number of aryl methyl sites for hydroxylation is 1. The van der Waals surface area contributed by atoms with Crippen molar-refractivity contribution in [2.24, 2.45) is 0 Å². The van der Waals surface area contributed by atoms with Crippen LogP contribution in [-0.2, 0) is 65.0 Å². The van der Waals surface area contributed by atoms with Gasteiger partial charge in [0.05, 0.1) is 32.3 Å². The fourth-order valence-corrected chi connectivity index (χ4v) is 9.98. The van der Waals surface area contributed by atoms with Crippen LogP contribution in [-0.4, -0.2) is 141 Å². The molecule has 0 aromatic heterocycles. The molecule has 0 aliphatic carbocycles. The van der Waals surface area contributed by atoms with Crippen molar-refractivity contribution in [3.8, 4) is 5.75 Å². The molecule has 494 valence electrons. The molecule has 1 amide bonds. The molecule has 5 aromatic carbocycles. The lowest BCUT2D eigenvalue weighted by Gasteiger charge is -2.48. The molecule has 32 heteroatoms. The van der Waals surface area contributed by atoms with Crippen LogP contribution in [0.15, 0.2) is 140 Å². The Morgan fingerprint density at radius 1 is 0.582 bits per heavy atom. The summed E-state index contributed by atoms with van der Waals surface area (Å²) in [4.78, 5) is 39.7. The lowest BCUT2D eigenvalue weighted by molar-refractivity contribution is -0.461. The van der Waals surface area contributed by atoms with E-state index in [9.17, 15) is 89.0 Å². The number of nitrogens with one attached hydrogen (secondary N) is 1. The third kappa shape index (κ3) is 13.3. The van der Waals surface area contributed by atoms with Crippen molar-refractivity contribution < 1.29 is 141 Å². The van der Waals surface area contributed by atoms with Crippen LogP contribution >= 0.6 is 0 Å². The van der Waals surface area contributed by atoms with E-state index in [2.05, 4.69) is 5.32 Å². The number of amides is 1. The topological polar surface area (TPSA) is 165 Å². The van der Waals surface area contributed by atoms with Crippen molar-refractivity contribution in [3.63, 3.8) is 0 Å². The standard InChI is InChI=1S/C59H50F17NO14/c1-81-40(78)28-33-21-25-38(26-22-33)85-48-43(88-49-44-51(31-84-49,30-83-45(79)34-13-5-2-6-14-34)91-47(90-44)36-17-9-4-10-18-36)42(41-39(86-48)29-82-46(87-41)35-15-7-3-8-16-35)89-50(80)77-37-23-19-32(20-24-37)12-11-27-52(60,61)53(62,63)54(64,65)55(66,67)56(68,69)57(70,71)58(72,73)59(74,75)76/h2-10,13-26,39,41-44,46-49H,11-12,27-31H2,1H3,(H,77,80)/t39-,41-,42+,43-,44+,46?,47+,48-,49+,51-/m1/s1. The van der Waals surface area contributed by atoms with E-state index in [1.165, 1.54) is 31.4 Å². The number of esters is 2. The number of carbonyl (C=O) groups excluding carboxylic acids is 3. The maximum atomic E-state index is 14.8. The van der Waals surface area contributed by atoms with Gasteiger partial charge in [0.25, 0.3) is 0 Å². The van der Waals surface area contributed by atoms with E-state index < -0.39 is 153 Å². The Morgan fingerprint density at radius 3 is 1.71 bits per heavy atom. The third-order valence-corrected chi connectivity index (χ3v) is 15.0. The summed E-state index contributed by atoms with van der Waals surface area (Å²) < 4.78 is 304. The van der Waals surface area contributed by atoms with Crippen LogP contribution in [0.2, 0.25) is 0 Å². The van der Waals surface area contributed by atoms with Crippen LogP contribution in [0, 0.1) is 0 Å². The van der Waals surface area contributed by atoms with Gasteiger partial charge in [-0.3, -0.25) is 10.1 Å². The lowest BCUT2D eigenvalue weighted by Crippen LogP contribution is -2.74. The molecule has 4 aliphatic rings. The van der Waals surface area contributed by atoms with Crippen LogP contribution in [0.1, 0.15) is 58.0 Å². The average Bonchev–Trinajstić information content (AvgIpc) is 1.49. The molecule has 0 bridgehead atoms. The Hall–Kier alpha value is -7.36. The van der Waals surface area contributed by atoms with Gasteiger partial charge in [0, 0.05) is 23.2 Å². The number of hydrogen-bond donors (Lipinski definition) is 1. The predicted molar refractivity (Wildman–Crippen MR) is 275 cm³/mol. The van der Waals surface area contributed by atoms with Gasteiger partial charge in [-0.1, -0.05) is 103 Å². The Balaban J connectivity index is 0.962. The van der Waals surface area contributed by atoms with E-state index in [-0.39, 0.29) is 42.2 Å². The summed E-state index contributed by atoms with van der Waals surface area (Å²) >= 11 is 0. The second-order valence-electron chi connectivity index (χ2n) is 21.1. The normalized spacial score (nSPS) is 25.0. The van der Waals surface area contributed by atoms with Crippen molar-refractivity contribution in [3.05, 3.63) is 167 Å². The van der Waals surface area contributed by atoms with Crippen molar-refractivity contribution in [1.82, 2.24) is 0 Å². The van der Waals surface area contributed by atoms with E-state index in [0.29, 0.717) is 16.7 Å². The van der Waals surface area contributed by atoms with Crippen LogP contribution in [0.5, 0.6) is 5.75 Å². The number of carbonyl (C=O) groups is 3. The van der Waals surface area contributed by atoms with Gasteiger partial charge in [-0.15, -0.1) is 0 Å². The molecule has 1 N–H and O–H groups in total. The Morgan fingerprint density at radius 2 is 1.13 bits per heavy atom. The number of alkyl halides is 17. The number of ether oxygens (including phenoxy) is 11. The minimum atomic E-state index is -8.74. The molecule has 9 rings (SSSR count). The quantitative estimate of drug-likeness (QED) is 0.0373. The van der Waals surface area contributed by atoms with Crippen LogP contribution in [0.25, 0.3) is 0 Å². The molecule has 1 unspecified atom stereocenters. The summed E-state index contributed by atoms with van der Waals surface area (Å²) in [6.07, 6.45) is -26.6. The first kappa shape index (κ1) is 68.0. The fraction of sp³-hybridized carbons (Fsp3) is 0.441. The summed E-state index contributed by atoms with van der Waals surface area (Å²) in [5, 5.41) is 2.39. The Kier molecular flexibility index (Phi) is 19.4. The highest BCUT2D eigenvalue weighted by Crippen LogP contribution is 2.64. The molecule has 4 fully saturated rings. The molecule has 10 atom stereocenters. The van der Waals surface area contributed by atoms with Gasteiger partial charge in [-0.05, 0) is 60.4 Å². The molecule has 15 nitrogen and oxygen atoms in total. The summed E-state index contributed by atoms with van der Waals surface area (Å²) in [6, 6.07) is 35.2. The van der Waals surface area contributed by atoms with Crippen LogP contribution in [0.4, 0.5) is 85.1 Å². The van der Waals surface area contributed by atoms with Crippen molar-refractivity contribution >= 4 is 23.7 Å². The first-order valence-corrected chi connectivity index (χ1v) is 27.1. The van der Waals surface area contributed by atoms with Gasteiger partial charge in [0.2, 0.25) is 6.29 Å². The highest BCUT2D eigenvalue weighted by Gasteiger charge is 2.95. The minimum Gasteiger partial charge on any atom is -0.469 e. The van der Waals surface area contributed by atoms with E-state index in [1.54, 1.807) is 91.0 Å². The second kappa shape index (κ2) is 26.0. The Labute approximate surface area is 503 Å². The summed E-state index contributed by atoms with van der Waals surface area (Å²) in [5.41, 5.74) is -0.198. The molecule has 0 saturated carbocycles. The zero-order valence-corrected chi connectivity index (χ0v) is 46.6. The monoisotopic (exact) mass is 1320 g/mol. The summed E-state index contributed by atoms with van der Waals surface area (Å²) in [6.45, 7) is -1.03. The van der Waals surface area contributed by atoms with Gasteiger partial charge >= 0.3 is 65.7 Å². The second-order valence-corrected chi connectivity index (χ2v) is 21.1. The van der Waals surface area contributed by atoms with Crippen molar-refractivity contribution in [2.75, 3.05) is 32.2 Å². The largest absolute Gasteiger partial charge is 0.469 e. The van der Waals surface area contributed by atoms with E-state index in [4.69, 9.17) is 52.1 Å². The van der Waals surface area contributed by atoms with Crippen LogP contribution in [0.3, 0.4) is 0 Å². The number of anilines is 1. The smallest absolute Gasteiger partial charge is 0.460 e. The molecule has 4 heterocycles. The molecule has 91 heavy (non-hydrogen) atoms. The maximum absolute atomic E-state index is 14.8. The number of hydrogen-bond acceptors (Lipinski definition) is 14. The highest BCUT2D eigenvalue weighted by atomic mass is 19.4. The van der Waals surface area contributed by atoms with Crippen LogP contribution < -0.4 is 10.1 Å². The van der Waals surface area contributed by atoms with E-state index >= 15 is 0 Å². The maximum Gasteiger partial charge on any atom is 0.460 e. The van der Waals surface area contributed by atoms with Crippen molar-refractivity contribution in [2.45, 2.75) is 135 Å². The third-order valence-electron chi connectivity index (χ3n) is 15.0. The molecular weight excluding hydrogens is 1270 g/mol. The van der Waals surface area contributed by atoms with Gasteiger partial charge < -0.3 is 52.1 Å². The molecule has 0 spiro atoms. The number of fused-ring (bicyclic) bond motifs is 2. The first-order chi connectivity index (χ1) is 42.7. The lowest BCUT2D eigenvalue weighted by atomic mass is 9.87. The molecule has 4 aliphatic heterocycles.